The Bertz CT molecular complexity index is 727. The molecule has 31 heavy (non-hydrogen) atoms. The van der Waals surface area contributed by atoms with Crippen LogP contribution in [0.25, 0.3) is 0 Å². The lowest BCUT2D eigenvalue weighted by Crippen LogP contribution is -2.52. The number of hydrogen-bond donors (Lipinski definition) is 3. The van der Waals surface area contributed by atoms with Gasteiger partial charge >= 0.3 is 0 Å². The van der Waals surface area contributed by atoms with Gasteiger partial charge in [0, 0.05) is 56.9 Å². The van der Waals surface area contributed by atoms with Crippen LogP contribution in [0.15, 0.2) is 47.2 Å². The standard InChI is InChI=1S/C23H39N5O3/c1-17(2)12-28(13-20-7-6-9-30-16-26-18(3)11-20)23(29)22-15-27(8-10-31-22)14-21(24)19(4)25-5/h6-7,9,11,17,22,25-26H,8,10,12-16,24H2,1-5H3/b9-6+,18-11+,20-7+,21-19-. The van der Waals surface area contributed by atoms with Crippen LogP contribution in [0.5, 0.6) is 0 Å². The van der Waals surface area contributed by atoms with E-state index in [-0.39, 0.29) is 5.91 Å². The number of carbonyl (C=O) groups is 1. The summed E-state index contributed by atoms with van der Waals surface area (Å²) in [5.74, 6) is 0.366. The second-order valence-electron chi connectivity index (χ2n) is 8.49. The number of nitrogens with zero attached hydrogens (tertiary/aromatic N) is 2. The largest absolute Gasteiger partial charge is 0.481 e. The second kappa shape index (κ2) is 12.4. The van der Waals surface area contributed by atoms with Crippen LogP contribution in [0.1, 0.15) is 27.7 Å². The lowest BCUT2D eigenvalue weighted by molar-refractivity contribution is -0.149. The molecule has 2 aliphatic heterocycles. The first kappa shape index (κ1) is 24.8. The number of rotatable bonds is 8. The van der Waals surface area contributed by atoms with Crippen molar-refractivity contribution in [1.29, 1.82) is 0 Å². The van der Waals surface area contributed by atoms with Crippen LogP contribution in [-0.4, -0.2) is 74.9 Å². The Labute approximate surface area is 186 Å². The Balaban J connectivity index is 2.12. The maximum absolute atomic E-state index is 13.4. The van der Waals surface area contributed by atoms with Crippen molar-refractivity contribution < 1.29 is 14.3 Å². The summed E-state index contributed by atoms with van der Waals surface area (Å²) in [6, 6.07) is 0. The molecule has 0 spiro atoms. The van der Waals surface area contributed by atoms with Crippen LogP contribution in [-0.2, 0) is 14.3 Å². The summed E-state index contributed by atoms with van der Waals surface area (Å²) >= 11 is 0. The fraction of sp³-hybridized carbons (Fsp3) is 0.609. The highest BCUT2D eigenvalue weighted by Gasteiger charge is 2.31. The van der Waals surface area contributed by atoms with Gasteiger partial charge in [0.2, 0.25) is 0 Å². The first-order valence-corrected chi connectivity index (χ1v) is 10.9. The van der Waals surface area contributed by atoms with Crippen LogP contribution >= 0.6 is 0 Å². The Morgan fingerprint density at radius 3 is 2.94 bits per heavy atom. The average Bonchev–Trinajstić information content (AvgIpc) is 2.83. The molecule has 2 aliphatic rings. The molecule has 0 bridgehead atoms. The molecule has 8 nitrogen and oxygen atoms in total. The first-order valence-electron chi connectivity index (χ1n) is 10.9. The molecule has 8 heteroatoms. The number of allylic oxidation sites excluding steroid dienone is 4. The normalized spacial score (nSPS) is 25.3. The van der Waals surface area contributed by atoms with Crippen LogP contribution in [0, 0.1) is 5.92 Å². The zero-order valence-corrected chi connectivity index (χ0v) is 19.6. The molecule has 4 N–H and O–H groups in total. The summed E-state index contributed by atoms with van der Waals surface area (Å²) in [5, 5.41) is 6.27. The van der Waals surface area contributed by atoms with Gasteiger partial charge in [-0.05, 0) is 37.5 Å². The third-order valence-electron chi connectivity index (χ3n) is 5.27. The van der Waals surface area contributed by atoms with Gasteiger partial charge in [-0.2, -0.15) is 0 Å². The summed E-state index contributed by atoms with van der Waals surface area (Å²) in [4.78, 5) is 17.5. The summed E-state index contributed by atoms with van der Waals surface area (Å²) in [6.45, 7) is 12.2. The molecule has 1 amide bonds. The highest BCUT2D eigenvalue weighted by molar-refractivity contribution is 5.81. The highest BCUT2D eigenvalue weighted by Crippen LogP contribution is 2.15. The van der Waals surface area contributed by atoms with Crippen LogP contribution in [0.3, 0.4) is 0 Å². The summed E-state index contributed by atoms with van der Waals surface area (Å²) < 4.78 is 11.2. The summed E-state index contributed by atoms with van der Waals surface area (Å²) in [7, 11) is 1.86. The van der Waals surface area contributed by atoms with E-state index >= 15 is 0 Å². The van der Waals surface area contributed by atoms with Crippen molar-refractivity contribution in [2.75, 3.05) is 53.1 Å². The van der Waals surface area contributed by atoms with Crippen molar-refractivity contribution in [3.63, 3.8) is 0 Å². The quantitative estimate of drug-likeness (QED) is 0.534. The van der Waals surface area contributed by atoms with Gasteiger partial charge in [-0.15, -0.1) is 0 Å². The van der Waals surface area contributed by atoms with Gasteiger partial charge in [-0.25, -0.2) is 0 Å². The van der Waals surface area contributed by atoms with E-state index in [0.717, 1.165) is 29.2 Å². The molecule has 1 atom stereocenters. The van der Waals surface area contributed by atoms with Gasteiger partial charge in [-0.3, -0.25) is 9.69 Å². The van der Waals surface area contributed by atoms with Gasteiger partial charge in [0.1, 0.15) is 6.10 Å². The van der Waals surface area contributed by atoms with Crippen LogP contribution in [0.4, 0.5) is 0 Å². The average molecular weight is 434 g/mol. The third-order valence-corrected chi connectivity index (χ3v) is 5.27. The summed E-state index contributed by atoms with van der Waals surface area (Å²) in [6.07, 6.45) is 7.06. The minimum atomic E-state index is -0.491. The van der Waals surface area contributed by atoms with Crippen LogP contribution < -0.4 is 16.4 Å². The number of ether oxygens (including phenoxy) is 2. The fourth-order valence-electron chi connectivity index (χ4n) is 3.51. The Hall–Kier alpha value is -2.45. The molecule has 0 aliphatic carbocycles. The number of morpholine rings is 1. The van der Waals surface area contributed by atoms with Crippen LogP contribution in [0.2, 0.25) is 0 Å². The zero-order chi connectivity index (χ0) is 22.8. The SMILES string of the molecule is CN/C(C)=C(\N)CN1CCOC(C(=O)N(CC2=C/C=C/OCN\C(C)=C\2)CC(C)C)C1. The van der Waals surface area contributed by atoms with Crippen molar-refractivity contribution in [3.05, 3.63) is 47.2 Å². The molecule has 1 fully saturated rings. The van der Waals surface area contributed by atoms with E-state index in [0.29, 0.717) is 45.4 Å². The maximum atomic E-state index is 13.4. The molecule has 2 rings (SSSR count). The third kappa shape index (κ3) is 8.30. The molecule has 0 saturated carbocycles. The van der Waals surface area contributed by atoms with E-state index in [9.17, 15) is 4.79 Å². The van der Waals surface area contributed by atoms with E-state index in [1.807, 2.05) is 37.9 Å². The predicted octanol–water partition coefficient (Wildman–Crippen LogP) is 1.50. The zero-order valence-electron chi connectivity index (χ0n) is 19.6. The molecular weight excluding hydrogens is 394 g/mol. The number of hydrogen-bond acceptors (Lipinski definition) is 7. The molecule has 0 radical (unpaired) electrons. The smallest absolute Gasteiger partial charge is 0.253 e. The molecule has 0 aromatic rings. The van der Waals surface area contributed by atoms with Gasteiger partial charge in [-0.1, -0.05) is 19.9 Å². The maximum Gasteiger partial charge on any atom is 0.253 e. The second-order valence-corrected chi connectivity index (χ2v) is 8.49. The monoisotopic (exact) mass is 433 g/mol. The molecule has 0 aromatic carbocycles. The molecule has 2 heterocycles. The summed E-state index contributed by atoms with van der Waals surface area (Å²) in [5.41, 5.74) is 9.95. The van der Waals surface area contributed by atoms with Crippen molar-refractivity contribution in [2.24, 2.45) is 11.7 Å². The number of nitrogens with one attached hydrogen (secondary N) is 2. The van der Waals surface area contributed by atoms with Gasteiger partial charge in [0.05, 0.1) is 12.9 Å². The van der Waals surface area contributed by atoms with Gasteiger partial charge in [0.15, 0.2) is 6.73 Å². The molecule has 174 valence electrons. The van der Waals surface area contributed by atoms with E-state index < -0.39 is 6.10 Å². The molecule has 1 unspecified atom stereocenters. The van der Waals surface area contributed by atoms with E-state index in [2.05, 4.69) is 35.5 Å². The van der Waals surface area contributed by atoms with Crippen molar-refractivity contribution >= 4 is 5.91 Å². The van der Waals surface area contributed by atoms with Crippen molar-refractivity contribution in [2.45, 2.75) is 33.8 Å². The van der Waals surface area contributed by atoms with Crippen molar-refractivity contribution in [1.82, 2.24) is 20.4 Å². The number of amides is 1. The topological polar surface area (TPSA) is 92.1 Å². The Morgan fingerprint density at radius 2 is 2.23 bits per heavy atom. The number of nitrogens with two attached hydrogens (primary N) is 1. The van der Waals surface area contributed by atoms with E-state index in [1.165, 1.54) is 0 Å². The van der Waals surface area contributed by atoms with E-state index in [1.54, 1.807) is 6.26 Å². The van der Waals surface area contributed by atoms with E-state index in [4.69, 9.17) is 15.2 Å². The molecule has 0 aromatic heterocycles. The Kier molecular flexibility index (Phi) is 9.94. The number of carbonyl (C=O) groups excluding carboxylic acids is 1. The highest BCUT2D eigenvalue weighted by atomic mass is 16.5. The van der Waals surface area contributed by atoms with Gasteiger partial charge < -0.3 is 30.7 Å². The lowest BCUT2D eigenvalue weighted by Gasteiger charge is -2.36. The first-order chi connectivity index (χ1) is 14.8. The Morgan fingerprint density at radius 1 is 1.45 bits per heavy atom. The van der Waals surface area contributed by atoms with Gasteiger partial charge in [0.25, 0.3) is 5.91 Å². The lowest BCUT2D eigenvalue weighted by atomic mass is 10.1. The predicted molar refractivity (Wildman–Crippen MR) is 124 cm³/mol. The fourth-order valence-corrected chi connectivity index (χ4v) is 3.51. The molecule has 1 saturated heterocycles. The minimum Gasteiger partial charge on any atom is -0.481 e. The minimum absolute atomic E-state index is 0.0197. The molecular formula is C23H39N5O3. The van der Waals surface area contributed by atoms with Crippen molar-refractivity contribution in [3.8, 4) is 0 Å².